The van der Waals surface area contributed by atoms with Crippen LogP contribution in [-0.4, -0.2) is 20.6 Å². The maximum atomic E-state index is 11.1. The molecule has 0 amide bonds. The third kappa shape index (κ3) is 1.71. The fourth-order valence-corrected chi connectivity index (χ4v) is 2.59. The van der Waals surface area contributed by atoms with Crippen molar-refractivity contribution in [3.05, 3.63) is 29.2 Å². The molecule has 1 aliphatic rings. The first-order valence-electron chi connectivity index (χ1n) is 5.68. The van der Waals surface area contributed by atoms with Gasteiger partial charge in [0, 0.05) is 6.54 Å². The first-order chi connectivity index (χ1) is 8.66. The first-order valence-corrected chi connectivity index (χ1v) is 6.06. The molecule has 0 aliphatic carbocycles. The Bertz CT molecular complexity index is 589. The van der Waals surface area contributed by atoms with Crippen LogP contribution in [0.4, 0.5) is 0 Å². The van der Waals surface area contributed by atoms with Crippen molar-refractivity contribution in [2.24, 2.45) is 5.92 Å². The number of imidazole rings is 1. The molecule has 6 heteroatoms. The summed E-state index contributed by atoms with van der Waals surface area (Å²) in [5, 5.41) is 9.54. The molecule has 0 saturated heterocycles. The van der Waals surface area contributed by atoms with E-state index in [1.54, 1.807) is 18.4 Å². The smallest absolute Gasteiger partial charge is 0.308 e. The van der Waals surface area contributed by atoms with Crippen LogP contribution in [0.25, 0.3) is 11.6 Å². The number of aliphatic carboxylic acids is 1. The Balaban J connectivity index is 2.06. The summed E-state index contributed by atoms with van der Waals surface area (Å²) in [5.41, 5.74) is 0.889. The monoisotopic (exact) mass is 266 g/mol. The number of hydrogen-bond donors (Lipinski definition) is 1. The molecule has 18 heavy (non-hydrogen) atoms. The lowest BCUT2D eigenvalue weighted by atomic mass is 9.98. The van der Waals surface area contributed by atoms with Crippen molar-refractivity contribution in [3.63, 3.8) is 0 Å². The van der Waals surface area contributed by atoms with Crippen molar-refractivity contribution in [1.82, 2.24) is 9.55 Å². The molecule has 0 fully saturated rings. The molecule has 1 atom stereocenters. The van der Waals surface area contributed by atoms with Crippen molar-refractivity contribution in [1.29, 1.82) is 0 Å². The number of nitrogens with zero attached hydrogens (tertiary/aromatic N) is 2. The van der Waals surface area contributed by atoms with Crippen LogP contribution in [0.15, 0.2) is 22.8 Å². The molecule has 1 N–H and O–H groups in total. The quantitative estimate of drug-likeness (QED) is 0.906. The van der Waals surface area contributed by atoms with E-state index in [1.807, 2.05) is 4.57 Å². The maximum absolute atomic E-state index is 11.1. The highest BCUT2D eigenvalue weighted by Gasteiger charge is 2.29. The van der Waals surface area contributed by atoms with Gasteiger partial charge in [-0.2, -0.15) is 0 Å². The molecule has 0 saturated carbocycles. The first kappa shape index (κ1) is 11.3. The highest BCUT2D eigenvalue weighted by Crippen LogP contribution is 2.32. The summed E-state index contributed by atoms with van der Waals surface area (Å²) >= 11 is 6.09. The number of furan rings is 1. The zero-order chi connectivity index (χ0) is 12.7. The minimum absolute atomic E-state index is 0.389. The van der Waals surface area contributed by atoms with E-state index in [1.165, 1.54) is 0 Å². The molecule has 0 bridgehead atoms. The topological polar surface area (TPSA) is 68.3 Å². The molecule has 0 spiro atoms. The molecule has 0 aromatic carbocycles. The lowest BCUT2D eigenvalue weighted by Crippen LogP contribution is -2.26. The second-order valence-electron chi connectivity index (χ2n) is 4.33. The van der Waals surface area contributed by atoms with Crippen molar-refractivity contribution >= 4 is 17.6 Å². The van der Waals surface area contributed by atoms with Crippen LogP contribution in [0, 0.1) is 5.92 Å². The second-order valence-corrected chi connectivity index (χ2v) is 4.69. The Labute approximate surface area is 108 Å². The molecule has 3 rings (SSSR count). The summed E-state index contributed by atoms with van der Waals surface area (Å²) in [7, 11) is 0. The van der Waals surface area contributed by atoms with E-state index in [2.05, 4.69) is 4.98 Å². The largest absolute Gasteiger partial charge is 0.481 e. The van der Waals surface area contributed by atoms with Gasteiger partial charge in [-0.3, -0.25) is 4.79 Å². The number of carboxylic acid groups (broad SMARTS) is 1. The molecular weight excluding hydrogens is 256 g/mol. The Morgan fingerprint density at radius 1 is 1.61 bits per heavy atom. The van der Waals surface area contributed by atoms with Gasteiger partial charge in [0.1, 0.15) is 0 Å². The Morgan fingerprint density at radius 2 is 2.44 bits per heavy atom. The van der Waals surface area contributed by atoms with Crippen LogP contribution in [-0.2, 0) is 17.8 Å². The third-order valence-electron chi connectivity index (χ3n) is 3.25. The molecule has 0 radical (unpaired) electrons. The minimum atomic E-state index is -0.782. The van der Waals surface area contributed by atoms with Gasteiger partial charge in [-0.15, -0.1) is 0 Å². The lowest BCUT2D eigenvalue weighted by Gasteiger charge is -2.22. The van der Waals surface area contributed by atoms with Crippen molar-refractivity contribution in [2.45, 2.75) is 19.4 Å². The zero-order valence-electron chi connectivity index (χ0n) is 9.47. The van der Waals surface area contributed by atoms with Gasteiger partial charge in [-0.05, 0) is 25.0 Å². The normalized spacial score (nSPS) is 18.6. The van der Waals surface area contributed by atoms with Gasteiger partial charge in [0.05, 0.1) is 17.9 Å². The highest BCUT2D eigenvalue weighted by molar-refractivity contribution is 6.30. The van der Waals surface area contributed by atoms with Crippen LogP contribution in [0.5, 0.6) is 0 Å². The van der Waals surface area contributed by atoms with Gasteiger partial charge in [-0.1, -0.05) is 11.6 Å². The second kappa shape index (κ2) is 4.17. The number of fused-ring (bicyclic) bond motifs is 1. The van der Waals surface area contributed by atoms with E-state index in [4.69, 9.17) is 21.1 Å². The fraction of sp³-hybridized carbons (Fsp3) is 0.333. The molecule has 3 heterocycles. The van der Waals surface area contributed by atoms with Crippen molar-refractivity contribution in [2.75, 3.05) is 0 Å². The molecule has 2 aromatic heterocycles. The fourth-order valence-electron chi connectivity index (χ4n) is 2.31. The summed E-state index contributed by atoms with van der Waals surface area (Å²) in [5.74, 6) is 0.0347. The summed E-state index contributed by atoms with van der Waals surface area (Å²) in [6.07, 6.45) is 2.78. The van der Waals surface area contributed by atoms with Crippen LogP contribution < -0.4 is 0 Å². The molecular formula is C12H11ClN2O3. The molecule has 1 unspecified atom stereocenters. The molecule has 94 valence electrons. The van der Waals surface area contributed by atoms with Crippen LogP contribution >= 0.6 is 11.6 Å². The number of halogens is 1. The average Bonchev–Trinajstić information content (AvgIpc) is 2.97. The SMILES string of the molecule is O=C(O)C1CCc2c(Cl)nc(-c3ccco3)n2C1. The number of hydrogen-bond acceptors (Lipinski definition) is 3. The van der Waals surface area contributed by atoms with E-state index < -0.39 is 11.9 Å². The number of rotatable bonds is 2. The Kier molecular flexibility index (Phi) is 2.63. The van der Waals surface area contributed by atoms with Gasteiger partial charge in [0.2, 0.25) is 0 Å². The van der Waals surface area contributed by atoms with Gasteiger partial charge in [0.15, 0.2) is 16.7 Å². The standard InChI is InChI=1S/C12H11ClN2O3/c13-10-8-4-3-7(12(16)17)6-15(8)11(14-10)9-2-1-5-18-9/h1-2,5,7H,3-4,6H2,(H,16,17). The maximum Gasteiger partial charge on any atom is 0.308 e. The molecule has 2 aromatic rings. The zero-order valence-corrected chi connectivity index (χ0v) is 10.2. The van der Waals surface area contributed by atoms with E-state index in [0.29, 0.717) is 36.1 Å². The molecule has 5 nitrogen and oxygen atoms in total. The van der Waals surface area contributed by atoms with Gasteiger partial charge >= 0.3 is 5.97 Å². The highest BCUT2D eigenvalue weighted by atomic mass is 35.5. The van der Waals surface area contributed by atoms with Gasteiger partial charge in [0.25, 0.3) is 0 Å². The van der Waals surface area contributed by atoms with Gasteiger partial charge < -0.3 is 14.1 Å². The molecule has 1 aliphatic heterocycles. The predicted molar refractivity (Wildman–Crippen MR) is 64.4 cm³/mol. The summed E-state index contributed by atoms with van der Waals surface area (Å²) in [6.45, 7) is 0.389. The van der Waals surface area contributed by atoms with Crippen molar-refractivity contribution in [3.8, 4) is 11.6 Å². The Hall–Kier alpha value is -1.75. The summed E-state index contributed by atoms with van der Waals surface area (Å²) in [4.78, 5) is 15.3. The van der Waals surface area contributed by atoms with Crippen LogP contribution in [0.3, 0.4) is 0 Å². The summed E-state index contributed by atoms with van der Waals surface area (Å²) < 4.78 is 7.16. The van der Waals surface area contributed by atoms with E-state index in [0.717, 1.165) is 5.69 Å². The third-order valence-corrected chi connectivity index (χ3v) is 3.55. The number of carboxylic acids is 1. The number of carbonyl (C=O) groups is 1. The van der Waals surface area contributed by atoms with E-state index in [9.17, 15) is 4.79 Å². The lowest BCUT2D eigenvalue weighted by molar-refractivity contribution is -0.142. The Morgan fingerprint density at radius 3 is 3.11 bits per heavy atom. The van der Waals surface area contributed by atoms with Crippen LogP contribution in [0.1, 0.15) is 12.1 Å². The van der Waals surface area contributed by atoms with E-state index in [-0.39, 0.29) is 0 Å². The number of aromatic nitrogens is 2. The van der Waals surface area contributed by atoms with Crippen molar-refractivity contribution < 1.29 is 14.3 Å². The minimum Gasteiger partial charge on any atom is -0.481 e. The van der Waals surface area contributed by atoms with E-state index >= 15 is 0 Å². The van der Waals surface area contributed by atoms with Crippen LogP contribution in [0.2, 0.25) is 5.15 Å². The van der Waals surface area contributed by atoms with Gasteiger partial charge in [-0.25, -0.2) is 4.98 Å². The average molecular weight is 267 g/mol. The predicted octanol–water partition coefficient (Wildman–Crippen LogP) is 2.44. The summed E-state index contributed by atoms with van der Waals surface area (Å²) in [6, 6.07) is 3.55.